The molecule has 7 heteroatoms. The summed E-state index contributed by atoms with van der Waals surface area (Å²) in [7, 11) is 5.60. The lowest BCUT2D eigenvalue weighted by Crippen LogP contribution is -2.25. The van der Waals surface area contributed by atoms with Crippen LogP contribution in [0.25, 0.3) is 0 Å². The maximum atomic E-state index is 5.53. The van der Waals surface area contributed by atoms with E-state index in [2.05, 4.69) is 21.5 Å². The molecule has 128 valence electrons. The smallest absolute Gasteiger partial charge is 0.130 e. The summed E-state index contributed by atoms with van der Waals surface area (Å²) in [4.78, 5) is 4.51. The van der Waals surface area contributed by atoms with Crippen molar-refractivity contribution in [1.29, 1.82) is 0 Å². The fraction of sp³-hybridized carbons (Fsp3) is 0.294. The molecule has 24 heavy (non-hydrogen) atoms. The van der Waals surface area contributed by atoms with Gasteiger partial charge in [0.25, 0.3) is 0 Å². The second kappa shape index (κ2) is 7.99. The summed E-state index contributed by atoms with van der Waals surface area (Å²) in [6.45, 7) is 0.698. The minimum atomic E-state index is -0.0636. The number of rotatable bonds is 6. The van der Waals surface area contributed by atoms with E-state index in [9.17, 15) is 0 Å². The maximum Gasteiger partial charge on any atom is 0.130 e. The first-order valence-electron chi connectivity index (χ1n) is 7.50. The molecule has 0 spiro atoms. The fourth-order valence-corrected chi connectivity index (χ4v) is 2.68. The van der Waals surface area contributed by atoms with Crippen LogP contribution in [0.5, 0.6) is 5.75 Å². The number of hydrogen-bond donors (Lipinski definition) is 1. The molecule has 6 nitrogen and oxygen atoms in total. The number of methoxy groups -OCH3 is 1. The molecule has 0 amide bonds. The zero-order valence-corrected chi connectivity index (χ0v) is 14.8. The first-order chi connectivity index (χ1) is 11.2. The molecule has 3 rings (SSSR count). The molecule has 1 unspecified atom stereocenters. The molecule has 1 atom stereocenters. The van der Waals surface area contributed by atoms with Gasteiger partial charge in [-0.15, -0.1) is 12.4 Å². The number of aromatic nitrogens is 4. The number of halogens is 1. The van der Waals surface area contributed by atoms with Crippen LogP contribution in [0, 0.1) is 0 Å². The number of para-hydroxylation sites is 1. The summed E-state index contributed by atoms with van der Waals surface area (Å²) in [5.41, 5.74) is 2.19. The van der Waals surface area contributed by atoms with Crippen molar-refractivity contribution in [3.05, 3.63) is 66.0 Å². The summed E-state index contributed by atoms with van der Waals surface area (Å²) in [5, 5.41) is 7.78. The number of ether oxygens (including phenoxy) is 1. The molecule has 1 aromatic carbocycles. The Balaban J connectivity index is 0.00000208. The van der Waals surface area contributed by atoms with Crippen molar-refractivity contribution >= 4 is 12.4 Å². The monoisotopic (exact) mass is 347 g/mol. The number of imidazole rings is 1. The molecule has 0 radical (unpaired) electrons. The summed E-state index contributed by atoms with van der Waals surface area (Å²) in [6, 6.07) is 7.95. The summed E-state index contributed by atoms with van der Waals surface area (Å²) >= 11 is 0. The van der Waals surface area contributed by atoms with E-state index < -0.39 is 0 Å². The molecule has 0 fully saturated rings. The zero-order chi connectivity index (χ0) is 16.2. The third-order valence-electron chi connectivity index (χ3n) is 3.84. The fourth-order valence-electron chi connectivity index (χ4n) is 2.68. The lowest BCUT2D eigenvalue weighted by atomic mass is 10.0. The molecular weight excluding hydrogens is 326 g/mol. The Morgan fingerprint density at radius 1 is 1.25 bits per heavy atom. The van der Waals surface area contributed by atoms with Crippen molar-refractivity contribution in [2.75, 3.05) is 7.11 Å². The van der Waals surface area contributed by atoms with Crippen LogP contribution in [0.4, 0.5) is 0 Å². The second-order valence-corrected chi connectivity index (χ2v) is 5.47. The Kier molecular flexibility index (Phi) is 6.00. The van der Waals surface area contributed by atoms with Crippen molar-refractivity contribution < 1.29 is 4.74 Å². The summed E-state index contributed by atoms with van der Waals surface area (Å²) < 4.78 is 9.35. The Labute approximate surface area is 147 Å². The van der Waals surface area contributed by atoms with Gasteiger partial charge < -0.3 is 9.30 Å². The van der Waals surface area contributed by atoms with Crippen molar-refractivity contribution in [2.24, 2.45) is 14.1 Å². The van der Waals surface area contributed by atoms with Crippen molar-refractivity contribution in [3.63, 3.8) is 0 Å². The van der Waals surface area contributed by atoms with E-state index in [1.165, 1.54) is 0 Å². The van der Waals surface area contributed by atoms with Gasteiger partial charge in [0, 0.05) is 50.4 Å². The van der Waals surface area contributed by atoms with Crippen LogP contribution in [0.3, 0.4) is 0 Å². The largest absolute Gasteiger partial charge is 0.496 e. The Bertz CT molecular complexity index is 783. The minimum absolute atomic E-state index is 0. The molecule has 0 saturated carbocycles. The van der Waals surface area contributed by atoms with Gasteiger partial charge in [-0.3, -0.25) is 10.00 Å². The lowest BCUT2D eigenvalue weighted by Gasteiger charge is -2.21. The predicted molar refractivity (Wildman–Crippen MR) is 95.3 cm³/mol. The van der Waals surface area contributed by atoms with E-state index in [1.807, 2.05) is 61.6 Å². The van der Waals surface area contributed by atoms with Gasteiger partial charge in [-0.25, -0.2) is 4.98 Å². The molecule has 0 aliphatic heterocycles. The van der Waals surface area contributed by atoms with E-state index in [4.69, 9.17) is 4.74 Å². The van der Waals surface area contributed by atoms with Gasteiger partial charge in [-0.05, 0) is 6.07 Å². The molecule has 2 heterocycles. The summed E-state index contributed by atoms with van der Waals surface area (Å²) in [6.07, 6.45) is 7.63. The standard InChI is InChI=1S/C17H21N5O.ClH/c1-21-9-8-18-17(21)16(14-6-4-5-7-15(14)23-3)19-10-13-11-20-22(2)12-13;/h4-9,11-12,16,19H,10H2,1-3H3;1H. The SMILES string of the molecule is COc1ccccc1C(NCc1cnn(C)c1)c1nccn1C.Cl. The second-order valence-electron chi connectivity index (χ2n) is 5.47. The normalized spacial score (nSPS) is 11.8. The van der Waals surface area contributed by atoms with Crippen LogP contribution in [0.1, 0.15) is 23.0 Å². The maximum absolute atomic E-state index is 5.53. The lowest BCUT2D eigenvalue weighted by molar-refractivity contribution is 0.401. The molecule has 3 aromatic rings. The van der Waals surface area contributed by atoms with Crippen LogP contribution < -0.4 is 10.1 Å². The third-order valence-corrected chi connectivity index (χ3v) is 3.84. The third kappa shape index (κ3) is 3.77. The van der Waals surface area contributed by atoms with Crippen LogP contribution in [0.15, 0.2) is 49.1 Å². The summed E-state index contributed by atoms with van der Waals surface area (Å²) in [5.74, 6) is 1.79. The topological polar surface area (TPSA) is 56.9 Å². The van der Waals surface area contributed by atoms with Gasteiger partial charge in [-0.1, -0.05) is 18.2 Å². The number of nitrogens with zero attached hydrogens (tertiary/aromatic N) is 4. The minimum Gasteiger partial charge on any atom is -0.496 e. The molecule has 0 bridgehead atoms. The van der Waals surface area contributed by atoms with E-state index >= 15 is 0 Å². The van der Waals surface area contributed by atoms with Crippen LogP contribution in [-0.4, -0.2) is 26.4 Å². The van der Waals surface area contributed by atoms with Crippen LogP contribution in [-0.2, 0) is 20.6 Å². The van der Waals surface area contributed by atoms with Gasteiger partial charge in [0.1, 0.15) is 11.6 Å². The van der Waals surface area contributed by atoms with Crippen molar-refractivity contribution in [2.45, 2.75) is 12.6 Å². The van der Waals surface area contributed by atoms with E-state index in [-0.39, 0.29) is 18.4 Å². The number of aryl methyl sites for hydroxylation is 2. The predicted octanol–water partition coefficient (Wildman–Crippen LogP) is 2.46. The van der Waals surface area contributed by atoms with E-state index in [0.29, 0.717) is 6.54 Å². The van der Waals surface area contributed by atoms with Crippen LogP contribution in [0.2, 0.25) is 0 Å². The molecule has 0 aliphatic rings. The Morgan fingerprint density at radius 2 is 2.04 bits per heavy atom. The van der Waals surface area contributed by atoms with Crippen molar-refractivity contribution in [3.8, 4) is 5.75 Å². The number of nitrogens with one attached hydrogen (secondary N) is 1. The Hall–Kier alpha value is -2.31. The highest BCUT2D eigenvalue weighted by atomic mass is 35.5. The quantitative estimate of drug-likeness (QED) is 0.744. The average molecular weight is 348 g/mol. The molecule has 1 N–H and O–H groups in total. The van der Waals surface area contributed by atoms with E-state index in [1.54, 1.807) is 11.8 Å². The molecule has 0 aliphatic carbocycles. The highest BCUT2D eigenvalue weighted by Gasteiger charge is 2.21. The van der Waals surface area contributed by atoms with E-state index in [0.717, 1.165) is 22.7 Å². The van der Waals surface area contributed by atoms with Gasteiger partial charge in [-0.2, -0.15) is 5.10 Å². The van der Waals surface area contributed by atoms with Gasteiger partial charge >= 0.3 is 0 Å². The van der Waals surface area contributed by atoms with Gasteiger partial charge in [0.15, 0.2) is 0 Å². The van der Waals surface area contributed by atoms with Crippen molar-refractivity contribution in [1.82, 2.24) is 24.6 Å². The van der Waals surface area contributed by atoms with Gasteiger partial charge in [0.05, 0.1) is 19.3 Å². The Morgan fingerprint density at radius 3 is 2.67 bits per heavy atom. The van der Waals surface area contributed by atoms with Crippen LogP contribution >= 0.6 is 12.4 Å². The first-order valence-corrected chi connectivity index (χ1v) is 7.50. The molecular formula is C17H22ClN5O. The highest BCUT2D eigenvalue weighted by molar-refractivity contribution is 5.85. The molecule has 2 aromatic heterocycles. The first kappa shape index (κ1) is 18.0. The number of benzene rings is 1. The highest BCUT2D eigenvalue weighted by Crippen LogP contribution is 2.29. The van der Waals surface area contributed by atoms with Gasteiger partial charge in [0.2, 0.25) is 0 Å². The number of hydrogen-bond acceptors (Lipinski definition) is 4. The zero-order valence-electron chi connectivity index (χ0n) is 14.0. The molecule has 0 saturated heterocycles. The average Bonchev–Trinajstić information content (AvgIpc) is 3.17.